The number of phenols is 1. The number of benzene rings is 6. The Hall–Kier alpha value is -6.91. The topological polar surface area (TPSA) is 112 Å². The summed E-state index contributed by atoms with van der Waals surface area (Å²) in [4.78, 5) is 23.1. The molecule has 0 aliphatic rings. The fraction of sp³-hybridized carbons (Fsp3) is 0.333. The summed E-state index contributed by atoms with van der Waals surface area (Å²) < 4.78 is 50.5. The smallest absolute Gasteiger partial charge is 0.309 e. The van der Waals surface area contributed by atoms with E-state index in [1.165, 1.54) is 19.2 Å². The Morgan fingerprint density at radius 3 is 1.41 bits per heavy atom. The lowest BCUT2D eigenvalue weighted by atomic mass is 9.81. The standard InChI is InChI=1S/C31H35FO4.C18H20ClFO.C14H18O3/c1-7-8-25(20(2)30(33)34)22-10-12-23(13-11-22)36-19-21-9-15-28(31(3,4)5)26(17-21)27-18-24(35-6)14-16-29(27)32;1-18(2,3)16-7-5-12(11-19)9-14(16)15-10-13(21-4)6-8-17(15)20;1-4-5-13(10(2)14(16)17-3)11-6-8-12(15)9-7-11/h7-18,20,25H,19H2,1-6H3,(H,33,34);5-10H,11H2,1-4H3;4-10,13,15H,1-3H3/b8-7-;;5-4-/t20-,25+;;10-,13+/m0.0/s1. The second-order valence-electron chi connectivity index (χ2n) is 20.1. The number of allylic oxidation sites excluding steroid dienone is 4. The number of carboxylic acid groups (broad SMARTS) is 1. The van der Waals surface area contributed by atoms with Crippen molar-refractivity contribution in [3.05, 3.63) is 191 Å². The van der Waals surface area contributed by atoms with Crippen molar-refractivity contribution in [2.75, 3.05) is 21.3 Å². The van der Waals surface area contributed by atoms with E-state index in [4.69, 9.17) is 30.5 Å². The molecule has 2 N–H and O–H groups in total. The zero-order chi connectivity index (χ0) is 54.9. The summed E-state index contributed by atoms with van der Waals surface area (Å²) in [6, 6.07) is 36.0. The fourth-order valence-corrected chi connectivity index (χ4v) is 8.63. The fourth-order valence-electron chi connectivity index (χ4n) is 8.47. The molecule has 394 valence electrons. The first kappa shape index (κ1) is 59.7. The minimum absolute atomic E-state index is 0.0342. The number of aliphatic carboxylic acids is 1. The summed E-state index contributed by atoms with van der Waals surface area (Å²) in [7, 11) is 4.54. The quantitative estimate of drug-likeness (QED) is 0.0560. The van der Waals surface area contributed by atoms with E-state index in [0.29, 0.717) is 40.9 Å². The van der Waals surface area contributed by atoms with Crippen molar-refractivity contribution in [2.24, 2.45) is 11.8 Å². The van der Waals surface area contributed by atoms with Gasteiger partial charge in [0.15, 0.2) is 0 Å². The molecule has 11 heteroatoms. The monoisotopic (exact) mass is 1030 g/mol. The number of aromatic hydroxyl groups is 1. The van der Waals surface area contributed by atoms with Crippen LogP contribution >= 0.6 is 11.6 Å². The maximum atomic E-state index is 14.9. The predicted molar refractivity (Wildman–Crippen MR) is 296 cm³/mol. The Bertz CT molecular complexity index is 2840. The molecule has 0 spiro atoms. The van der Waals surface area contributed by atoms with E-state index in [0.717, 1.165) is 44.5 Å². The third-order valence-corrected chi connectivity index (χ3v) is 13.0. The molecule has 0 saturated carbocycles. The zero-order valence-electron chi connectivity index (χ0n) is 45.1. The van der Waals surface area contributed by atoms with E-state index in [-0.39, 0.29) is 51.9 Å². The largest absolute Gasteiger partial charge is 0.508 e. The summed E-state index contributed by atoms with van der Waals surface area (Å²) in [6.07, 6.45) is 7.66. The second-order valence-corrected chi connectivity index (χ2v) is 20.3. The Balaban J connectivity index is 0.000000264. The number of phenolic OH excluding ortho intramolecular Hbond substituents is 1. The lowest BCUT2D eigenvalue weighted by Gasteiger charge is -2.24. The first-order valence-corrected chi connectivity index (χ1v) is 25.1. The van der Waals surface area contributed by atoms with Crippen molar-refractivity contribution in [3.63, 3.8) is 0 Å². The molecule has 6 aromatic carbocycles. The first-order chi connectivity index (χ1) is 35.0. The highest BCUT2D eigenvalue weighted by Gasteiger charge is 2.26. The van der Waals surface area contributed by atoms with Gasteiger partial charge in [-0.1, -0.05) is 128 Å². The van der Waals surface area contributed by atoms with Gasteiger partial charge in [0.1, 0.15) is 41.2 Å². The molecular weight excluding hydrogens is 958 g/mol. The van der Waals surface area contributed by atoms with Gasteiger partial charge in [-0.3, -0.25) is 9.59 Å². The van der Waals surface area contributed by atoms with Gasteiger partial charge in [-0.2, -0.15) is 0 Å². The molecule has 74 heavy (non-hydrogen) atoms. The average Bonchev–Trinajstić information content (AvgIpc) is 3.38. The van der Waals surface area contributed by atoms with E-state index < -0.39 is 11.9 Å². The lowest BCUT2D eigenvalue weighted by Crippen LogP contribution is -2.19. The summed E-state index contributed by atoms with van der Waals surface area (Å²) >= 11 is 5.93. The molecule has 0 aliphatic carbocycles. The molecule has 0 bridgehead atoms. The van der Waals surface area contributed by atoms with Crippen LogP contribution in [0.1, 0.15) is 114 Å². The van der Waals surface area contributed by atoms with Gasteiger partial charge in [-0.15, -0.1) is 11.6 Å². The minimum atomic E-state index is -0.833. The number of esters is 1. The van der Waals surface area contributed by atoms with E-state index in [1.54, 1.807) is 57.5 Å². The zero-order valence-corrected chi connectivity index (χ0v) is 45.8. The van der Waals surface area contributed by atoms with Crippen molar-refractivity contribution in [1.82, 2.24) is 0 Å². The van der Waals surface area contributed by atoms with Gasteiger partial charge in [0.25, 0.3) is 0 Å². The van der Waals surface area contributed by atoms with Gasteiger partial charge in [0.2, 0.25) is 0 Å². The van der Waals surface area contributed by atoms with Crippen molar-refractivity contribution in [3.8, 4) is 45.3 Å². The van der Waals surface area contributed by atoms with Crippen LogP contribution < -0.4 is 14.2 Å². The van der Waals surface area contributed by atoms with E-state index in [9.17, 15) is 28.6 Å². The summed E-state index contributed by atoms with van der Waals surface area (Å²) in [5, 5.41) is 18.7. The van der Waals surface area contributed by atoms with Crippen LogP contribution in [0.25, 0.3) is 22.3 Å². The Morgan fingerprint density at radius 2 is 1.00 bits per heavy atom. The van der Waals surface area contributed by atoms with Gasteiger partial charge < -0.3 is 29.2 Å². The third-order valence-electron chi connectivity index (χ3n) is 12.7. The first-order valence-electron chi connectivity index (χ1n) is 24.6. The van der Waals surface area contributed by atoms with E-state index >= 15 is 0 Å². The highest BCUT2D eigenvalue weighted by atomic mass is 35.5. The molecule has 0 fully saturated rings. The van der Waals surface area contributed by atoms with Crippen LogP contribution in [-0.4, -0.2) is 43.5 Å². The molecule has 6 rings (SSSR count). The maximum absolute atomic E-state index is 14.9. The predicted octanol–water partition coefficient (Wildman–Crippen LogP) is 16.2. The average molecular weight is 1030 g/mol. The Labute approximate surface area is 442 Å². The third kappa shape index (κ3) is 16.3. The van der Waals surface area contributed by atoms with Gasteiger partial charge >= 0.3 is 11.9 Å². The van der Waals surface area contributed by atoms with Crippen LogP contribution in [0.4, 0.5) is 8.78 Å². The number of carbonyl (C=O) groups is 2. The summed E-state index contributed by atoms with van der Waals surface area (Å²) in [6.45, 7) is 20.3. The minimum Gasteiger partial charge on any atom is -0.508 e. The Kier molecular flexibility index (Phi) is 22.1. The van der Waals surface area contributed by atoms with Crippen LogP contribution in [-0.2, 0) is 37.6 Å². The number of methoxy groups -OCH3 is 3. The number of rotatable bonds is 16. The van der Waals surface area contributed by atoms with Crippen molar-refractivity contribution >= 4 is 23.5 Å². The summed E-state index contributed by atoms with van der Waals surface area (Å²) in [5.41, 5.74) is 8.36. The molecule has 0 radical (unpaired) electrons. The number of ether oxygens (including phenoxy) is 4. The molecule has 8 nitrogen and oxygen atoms in total. The highest BCUT2D eigenvalue weighted by Crippen LogP contribution is 2.39. The maximum Gasteiger partial charge on any atom is 0.309 e. The lowest BCUT2D eigenvalue weighted by molar-refractivity contribution is -0.145. The van der Waals surface area contributed by atoms with Crippen LogP contribution in [0.3, 0.4) is 0 Å². The normalized spacial score (nSPS) is 13.1. The van der Waals surface area contributed by atoms with Crippen LogP contribution in [0, 0.1) is 23.5 Å². The molecule has 0 amide bonds. The molecule has 0 heterocycles. The van der Waals surface area contributed by atoms with E-state index in [1.807, 2.05) is 118 Å². The van der Waals surface area contributed by atoms with Crippen molar-refractivity contribution in [1.29, 1.82) is 0 Å². The van der Waals surface area contributed by atoms with Crippen LogP contribution in [0.5, 0.6) is 23.0 Å². The summed E-state index contributed by atoms with van der Waals surface area (Å²) in [5.74, 6) is -0.123. The van der Waals surface area contributed by atoms with E-state index in [2.05, 4.69) is 41.5 Å². The Morgan fingerprint density at radius 1 is 0.581 bits per heavy atom. The molecule has 0 unspecified atom stereocenters. The molecule has 4 atom stereocenters. The number of hydrogen-bond donors (Lipinski definition) is 2. The number of alkyl halides is 1. The molecule has 6 aromatic rings. The number of carboxylic acids is 1. The SMILES string of the molecule is C/C=C\[C@@H](c1ccc(O)cc1)[C@H](C)C(=O)OC.C/C=C\[C@@H](c1ccc(OCc2ccc(C(C)(C)C)c(-c3cc(OC)ccc3F)c2)cc1)[C@H](C)C(=O)O.COc1ccc(F)c(-c2cc(CCl)ccc2C(C)(C)C)c1. The van der Waals surface area contributed by atoms with Gasteiger partial charge in [-0.25, -0.2) is 8.78 Å². The van der Waals surface area contributed by atoms with Crippen molar-refractivity contribution in [2.45, 2.75) is 104 Å². The molecular formula is C63H73ClF2O8. The van der Waals surface area contributed by atoms with Gasteiger partial charge in [-0.05, 0) is 142 Å². The van der Waals surface area contributed by atoms with Crippen molar-refractivity contribution < 1.29 is 47.5 Å². The van der Waals surface area contributed by atoms with Gasteiger partial charge in [0, 0.05) is 28.8 Å². The molecule has 0 aromatic heterocycles. The number of hydrogen-bond acceptors (Lipinski definition) is 7. The highest BCUT2D eigenvalue weighted by molar-refractivity contribution is 6.17. The number of halogens is 3. The van der Waals surface area contributed by atoms with Gasteiger partial charge in [0.05, 0.1) is 33.2 Å². The molecule has 0 aliphatic heterocycles. The van der Waals surface area contributed by atoms with Crippen LogP contribution in [0.2, 0.25) is 0 Å². The second kappa shape index (κ2) is 27.4. The number of carbonyl (C=O) groups excluding carboxylic acids is 1. The molecule has 0 saturated heterocycles. The van der Waals surface area contributed by atoms with Crippen LogP contribution in [0.15, 0.2) is 146 Å².